The first-order chi connectivity index (χ1) is 13.7. The minimum absolute atomic E-state index is 0.350. The van der Waals surface area contributed by atoms with Crippen molar-refractivity contribution in [2.75, 3.05) is 0 Å². The summed E-state index contributed by atoms with van der Waals surface area (Å²) in [7, 11) is 0. The average Bonchev–Trinajstić information content (AvgIpc) is 2.73. The Morgan fingerprint density at radius 1 is 0.786 bits per heavy atom. The number of aromatic hydroxyl groups is 1. The van der Waals surface area contributed by atoms with Crippen LogP contribution in [0.25, 0.3) is 10.8 Å². The lowest BCUT2D eigenvalue weighted by Gasteiger charge is -2.09. The number of rotatable bonds is 3. The second kappa shape index (κ2) is 8.03. The van der Waals surface area contributed by atoms with Gasteiger partial charge in [-0.3, -0.25) is 0 Å². The molecule has 0 heterocycles. The number of phenolic OH excluding ortho intramolecular Hbond substituents is 1. The second-order valence-electron chi connectivity index (χ2n) is 7.14. The summed E-state index contributed by atoms with van der Waals surface area (Å²) in [5, 5.41) is 12.7. The molecule has 1 heteroatoms. The van der Waals surface area contributed by atoms with Gasteiger partial charge in [0.25, 0.3) is 0 Å². The van der Waals surface area contributed by atoms with Crippen LogP contribution in [0.15, 0.2) is 84.9 Å². The monoisotopic (exact) mass is 362 g/mol. The molecule has 0 saturated carbocycles. The fourth-order valence-corrected chi connectivity index (χ4v) is 3.34. The fraction of sp³-hybridized carbons (Fsp3) is 0.111. The number of aryl methyl sites for hydroxylation is 1. The number of hydrogen-bond acceptors (Lipinski definition) is 1. The van der Waals surface area contributed by atoms with Crippen molar-refractivity contribution in [1.82, 2.24) is 0 Å². The van der Waals surface area contributed by atoms with Crippen molar-refractivity contribution in [2.24, 2.45) is 0 Å². The number of hydrogen-bond donors (Lipinski definition) is 1. The smallest absolute Gasteiger partial charge is 0.126 e. The maximum Gasteiger partial charge on any atom is 0.126 e. The highest BCUT2D eigenvalue weighted by atomic mass is 16.3. The van der Waals surface area contributed by atoms with E-state index >= 15 is 0 Å². The summed E-state index contributed by atoms with van der Waals surface area (Å²) in [6, 6.07) is 28.8. The van der Waals surface area contributed by atoms with Crippen molar-refractivity contribution >= 4 is 10.8 Å². The molecule has 28 heavy (non-hydrogen) atoms. The molecular formula is C27H22O. The summed E-state index contributed by atoms with van der Waals surface area (Å²) in [5.41, 5.74) is 5.52. The third-order valence-corrected chi connectivity index (χ3v) is 4.96. The van der Waals surface area contributed by atoms with Crippen LogP contribution in [0.1, 0.15) is 27.8 Å². The van der Waals surface area contributed by atoms with Gasteiger partial charge in [-0.25, -0.2) is 0 Å². The molecule has 0 radical (unpaired) electrons. The zero-order valence-electron chi connectivity index (χ0n) is 15.9. The first-order valence-electron chi connectivity index (χ1n) is 9.52. The molecule has 0 aliphatic carbocycles. The molecular weight excluding hydrogens is 340 g/mol. The SMILES string of the molecule is Cc1ccc(CC#Cc2ccc3ccc(Cc4ccccc4)c(O)c3c2)cc1. The lowest BCUT2D eigenvalue weighted by Crippen LogP contribution is -1.90. The quantitative estimate of drug-likeness (QED) is 0.441. The Bertz CT molecular complexity index is 1160. The van der Waals surface area contributed by atoms with E-state index in [0.717, 1.165) is 28.3 Å². The first-order valence-corrected chi connectivity index (χ1v) is 9.52. The van der Waals surface area contributed by atoms with Gasteiger partial charge in [0, 0.05) is 23.8 Å². The molecule has 0 aromatic heterocycles. The molecule has 0 unspecified atom stereocenters. The van der Waals surface area contributed by atoms with E-state index in [9.17, 15) is 5.11 Å². The van der Waals surface area contributed by atoms with Crippen LogP contribution in [0.3, 0.4) is 0 Å². The van der Waals surface area contributed by atoms with E-state index in [4.69, 9.17) is 0 Å². The van der Waals surface area contributed by atoms with Crippen LogP contribution in [0.4, 0.5) is 0 Å². The Kier molecular flexibility index (Phi) is 5.13. The van der Waals surface area contributed by atoms with E-state index in [-0.39, 0.29) is 0 Å². The lowest BCUT2D eigenvalue weighted by molar-refractivity contribution is 0.476. The first kappa shape index (κ1) is 17.9. The molecule has 0 aliphatic heterocycles. The van der Waals surface area contributed by atoms with Crippen LogP contribution in [-0.2, 0) is 12.8 Å². The number of benzene rings is 4. The van der Waals surface area contributed by atoms with Gasteiger partial charge in [0.2, 0.25) is 0 Å². The highest BCUT2D eigenvalue weighted by Crippen LogP contribution is 2.31. The van der Waals surface area contributed by atoms with Crippen LogP contribution in [0, 0.1) is 18.8 Å². The van der Waals surface area contributed by atoms with Gasteiger partial charge in [0.05, 0.1) is 0 Å². The van der Waals surface area contributed by atoms with Gasteiger partial charge in [0.1, 0.15) is 5.75 Å². The summed E-state index contributed by atoms with van der Waals surface area (Å²) < 4.78 is 0. The summed E-state index contributed by atoms with van der Waals surface area (Å²) in [6.07, 6.45) is 1.43. The van der Waals surface area contributed by atoms with Gasteiger partial charge in [-0.15, -0.1) is 0 Å². The molecule has 4 aromatic rings. The largest absolute Gasteiger partial charge is 0.507 e. The Labute approximate surface area is 166 Å². The minimum atomic E-state index is 0.350. The van der Waals surface area contributed by atoms with Crippen molar-refractivity contribution in [3.63, 3.8) is 0 Å². The maximum atomic E-state index is 10.8. The predicted octanol–water partition coefficient (Wildman–Crippen LogP) is 6.04. The van der Waals surface area contributed by atoms with Crippen molar-refractivity contribution in [3.8, 4) is 17.6 Å². The van der Waals surface area contributed by atoms with Crippen molar-refractivity contribution < 1.29 is 5.11 Å². The third kappa shape index (κ3) is 4.08. The molecule has 0 amide bonds. The van der Waals surface area contributed by atoms with Gasteiger partial charge < -0.3 is 5.11 Å². The van der Waals surface area contributed by atoms with Crippen LogP contribution in [0.5, 0.6) is 5.75 Å². The van der Waals surface area contributed by atoms with Crippen molar-refractivity contribution in [2.45, 2.75) is 19.8 Å². The predicted molar refractivity (Wildman–Crippen MR) is 117 cm³/mol. The molecule has 0 aliphatic rings. The van der Waals surface area contributed by atoms with Crippen LogP contribution >= 0.6 is 0 Å². The van der Waals surface area contributed by atoms with Crippen molar-refractivity contribution in [3.05, 3.63) is 113 Å². The Morgan fingerprint density at radius 2 is 1.54 bits per heavy atom. The highest BCUT2D eigenvalue weighted by Gasteiger charge is 2.08. The highest BCUT2D eigenvalue weighted by molar-refractivity contribution is 5.90. The zero-order chi connectivity index (χ0) is 19.3. The summed E-state index contributed by atoms with van der Waals surface area (Å²) >= 11 is 0. The molecule has 4 rings (SSSR count). The van der Waals surface area contributed by atoms with Gasteiger partial charge in [-0.1, -0.05) is 90.2 Å². The molecule has 1 N–H and O–H groups in total. The molecule has 0 fully saturated rings. The minimum Gasteiger partial charge on any atom is -0.507 e. The fourth-order valence-electron chi connectivity index (χ4n) is 3.34. The van der Waals surface area contributed by atoms with E-state index in [2.05, 4.69) is 61.2 Å². The molecule has 4 aromatic carbocycles. The normalized spacial score (nSPS) is 10.5. The van der Waals surface area contributed by atoms with Gasteiger partial charge in [-0.05, 0) is 41.1 Å². The molecule has 0 bridgehead atoms. The standard InChI is InChI=1S/C27H22O/c1-20-10-12-21(13-11-20)8-5-9-23-14-15-24-16-17-25(27(28)26(24)19-23)18-22-6-3-2-4-7-22/h2-4,6-7,10-17,19,28H,8,18H2,1H3. The van der Waals surface area contributed by atoms with E-state index in [1.54, 1.807) is 0 Å². The van der Waals surface area contributed by atoms with Crippen molar-refractivity contribution in [1.29, 1.82) is 0 Å². The molecule has 0 spiro atoms. The van der Waals surface area contributed by atoms with E-state index in [1.165, 1.54) is 16.7 Å². The Balaban J connectivity index is 1.60. The molecule has 0 saturated heterocycles. The summed E-state index contributed by atoms with van der Waals surface area (Å²) in [6.45, 7) is 2.09. The zero-order valence-corrected chi connectivity index (χ0v) is 15.9. The second-order valence-corrected chi connectivity index (χ2v) is 7.14. The van der Waals surface area contributed by atoms with Crippen LogP contribution in [-0.4, -0.2) is 5.11 Å². The topological polar surface area (TPSA) is 20.2 Å². The third-order valence-electron chi connectivity index (χ3n) is 4.96. The summed E-state index contributed by atoms with van der Waals surface area (Å²) in [5.74, 6) is 6.83. The number of phenols is 1. The van der Waals surface area contributed by atoms with E-state index in [1.807, 2.05) is 42.5 Å². The van der Waals surface area contributed by atoms with Gasteiger partial charge in [-0.2, -0.15) is 0 Å². The van der Waals surface area contributed by atoms with Crippen LogP contribution in [0.2, 0.25) is 0 Å². The van der Waals surface area contributed by atoms with Crippen LogP contribution < -0.4 is 0 Å². The molecule has 136 valence electrons. The van der Waals surface area contributed by atoms with E-state index < -0.39 is 0 Å². The maximum absolute atomic E-state index is 10.8. The summed E-state index contributed by atoms with van der Waals surface area (Å²) in [4.78, 5) is 0. The average molecular weight is 362 g/mol. The Hall–Kier alpha value is -3.50. The molecule has 0 atom stereocenters. The van der Waals surface area contributed by atoms with E-state index in [0.29, 0.717) is 12.2 Å². The van der Waals surface area contributed by atoms with Gasteiger partial charge >= 0.3 is 0 Å². The van der Waals surface area contributed by atoms with Gasteiger partial charge in [0.15, 0.2) is 0 Å². The molecule has 1 nitrogen and oxygen atoms in total. The Morgan fingerprint density at radius 3 is 2.32 bits per heavy atom. The number of fused-ring (bicyclic) bond motifs is 1. The lowest BCUT2D eigenvalue weighted by atomic mass is 9.98.